The molecule has 18 heavy (non-hydrogen) atoms. The van der Waals surface area contributed by atoms with E-state index < -0.39 is 34.6 Å². The Hall–Kier alpha value is -1.72. The summed E-state index contributed by atoms with van der Waals surface area (Å²) in [5.74, 6) is 0. The topological polar surface area (TPSA) is 0 Å². The molecule has 6 heteroatoms. The number of hydrogen-bond acceptors (Lipinski definition) is 0. The lowest BCUT2D eigenvalue weighted by molar-refractivity contribution is -0.0710. The molecule has 0 amide bonds. The van der Waals surface area contributed by atoms with Crippen LogP contribution in [-0.2, 0) is 0 Å². The molecule has 0 aromatic heterocycles. The fourth-order valence-electron chi connectivity index (χ4n) is 1.31. The van der Waals surface area contributed by atoms with Gasteiger partial charge in [0.25, 0.3) is 0 Å². The summed E-state index contributed by atoms with van der Waals surface area (Å²) in [4.78, 5) is 0. The normalized spacial score (nSPS) is 12.3. The second kappa shape index (κ2) is 4.51. The minimum atomic E-state index is -4.79. The van der Waals surface area contributed by atoms with Crippen LogP contribution < -0.4 is 0 Å². The molecule has 1 aromatic rings. The Bertz CT molecular complexity index is 433. The van der Waals surface area contributed by atoms with Crippen LogP contribution in [0, 0.1) is 0 Å². The average Bonchev–Trinajstić information content (AvgIpc) is 2.24. The third-order valence-electron chi connectivity index (χ3n) is 2.26. The van der Waals surface area contributed by atoms with E-state index in [0.29, 0.717) is 0 Å². The predicted molar refractivity (Wildman–Crippen MR) is 56.6 cm³/mol. The minimum absolute atomic E-state index is 0.618. The molecule has 0 spiro atoms. The summed E-state index contributed by atoms with van der Waals surface area (Å²) >= 11 is 0. The number of rotatable bonds is 2. The molecule has 98 valence electrons. The van der Waals surface area contributed by atoms with E-state index in [1.54, 1.807) is 0 Å². The first kappa shape index (κ1) is 14.3. The van der Waals surface area contributed by atoms with Gasteiger partial charge in [-0.05, 0) is 11.1 Å². The molecule has 0 aliphatic carbocycles. The van der Waals surface area contributed by atoms with Crippen molar-refractivity contribution in [2.24, 2.45) is 0 Å². The molecule has 0 aliphatic heterocycles. The smallest absolute Gasteiger partial charge is 0.166 e. The van der Waals surface area contributed by atoms with Crippen LogP contribution >= 0.6 is 0 Å². The van der Waals surface area contributed by atoms with Crippen molar-refractivity contribution in [2.45, 2.75) is 12.4 Å². The van der Waals surface area contributed by atoms with Gasteiger partial charge >= 0.3 is 12.4 Å². The van der Waals surface area contributed by atoms with Crippen molar-refractivity contribution in [3.63, 3.8) is 0 Å². The Kier molecular flexibility index (Phi) is 3.59. The molecule has 0 unspecified atom stereocenters. The summed E-state index contributed by atoms with van der Waals surface area (Å²) in [5.41, 5.74) is -3.90. The minimum Gasteiger partial charge on any atom is -0.166 e. The van der Waals surface area contributed by atoms with Crippen LogP contribution in [0.1, 0.15) is 11.1 Å². The Morgan fingerprint density at radius 1 is 0.722 bits per heavy atom. The molecular weight excluding hydrogens is 258 g/mol. The summed E-state index contributed by atoms with van der Waals surface area (Å²) < 4.78 is 74.8. The van der Waals surface area contributed by atoms with E-state index >= 15 is 0 Å². The van der Waals surface area contributed by atoms with Crippen LogP contribution in [0.3, 0.4) is 0 Å². The zero-order valence-corrected chi connectivity index (χ0v) is 8.99. The van der Waals surface area contributed by atoms with Crippen LogP contribution in [-0.4, -0.2) is 12.4 Å². The van der Waals surface area contributed by atoms with Gasteiger partial charge in [-0.2, -0.15) is 26.3 Å². The summed E-state index contributed by atoms with van der Waals surface area (Å²) in [5, 5.41) is 0. The predicted octanol–water partition coefficient (Wildman–Crippen LogP) is 4.84. The third-order valence-corrected chi connectivity index (χ3v) is 2.26. The Labute approximate surface area is 99.2 Å². The maximum Gasteiger partial charge on any atom is 0.416 e. The van der Waals surface area contributed by atoms with Crippen LogP contribution in [0.25, 0.3) is 11.1 Å². The molecule has 0 atom stereocenters. The summed E-state index contributed by atoms with van der Waals surface area (Å²) in [6.45, 7) is 5.58. The Morgan fingerprint density at radius 3 is 1.22 bits per heavy atom. The van der Waals surface area contributed by atoms with Crippen molar-refractivity contribution in [3.8, 4) is 0 Å². The van der Waals surface area contributed by atoms with Crippen LogP contribution in [0.5, 0.6) is 0 Å². The highest BCUT2D eigenvalue weighted by Crippen LogP contribution is 2.39. The first-order valence-corrected chi connectivity index (χ1v) is 4.67. The summed E-state index contributed by atoms with van der Waals surface area (Å²) in [7, 11) is 0. The highest BCUT2D eigenvalue weighted by atomic mass is 19.4. The molecule has 0 aliphatic rings. The van der Waals surface area contributed by atoms with Gasteiger partial charge in [0.05, 0.1) is 11.1 Å². The van der Waals surface area contributed by atoms with Crippen LogP contribution in [0.15, 0.2) is 37.4 Å². The van der Waals surface area contributed by atoms with Crippen molar-refractivity contribution in [3.05, 3.63) is 48.6 Å². The molecular formula is C12H8F6. The Morgan fingerprint density at radius 2 is 1.00 bits per heavy atom. The van der Waals surface area contributed by atoms with Gasteiger partial charge in [0.15, 0.2) is 0 Å². The molecule has 0 bridgehead atoms. The lowest BCUT2D eigenvalue weighted by atomic mass is 9.95. The van der Waals surface area contributed by atoms with E-state index in [4.69, 9.17) is 0 Å². The van der Waals surface area contributed by atoms with E-state index in [-0.39, 0.29) is 0 Å². The van der Waals surface area contributed by atoms with E-state index in [9.17, 15) is 26.3 Å². The van der Waals surface area contributed by atoms with E-state index in [1.807, 2.05) is 0 Å². The quantitative estimate of drug-likeness (QED) is 0.672. The van der Waals surface area contributed by atoms with E-state index in [0.717, 1.165) is 12.1 Å². The molecule has 0 nitrogen and oxygen atoms in total. The standard InChI is InChI=1S/C12H8F6/c1-7(11(13,14)15)9-5-3-4-6-10(9)8(2)12(16,17)18/h3-6H,1-2H2. The van der Waals surface area contributed by atoms with Crippen LogP contribution in [0.4, 0.5) is 26.3 Å². The van der Waals surface area contributed by atoms with Gasteiger partial charge in [-0.1, -0.05) is 37.4 Å². The van der Waals surface area contributed by atoms with Crippen molar-refractivity contribution in [2.75, 3.05) is 0 Å². The molecule has 1 rings (SSSR count). The zero-order valence-electron chi connectivity index (χ0n) is 8.99. The van der Waals surface area contributed by atoms with Gasteiger partial charge in [-0.15, -0.1) is 0 Å². The van der Waals surface area contributed by atoms with Gasteiger partial charge < -0.3 is 0 Å². The SMILES string of the molecule is C=C(c1ccccc1C(=C)C(F)(F)F)C(F)(F)F. The van der Waals surface area contributed by atoms with Crippen molar-refractivity contribution in [1.29, 1.82) is 0 Å². The number of hydrogen-bond donors (Lipinski definition) is 0. The van der Waals surface area contributed by atoms with E-state index in [2.05, 4.69) is 13.2 Å². The largest absolute Gasteiger partial charge is 0.416 e. The summed E-state index contributed by atoms with van der Waals surface area (Å²) in [6.07, 6.45) is -9.58. The monoisotopic (exact) mass is 266 g/mol. The highest BCUT2D eigenvalue weighted by Gasteiger charge is 2.38. The van der Waals surface area contributed by atoms with Gasteiger partial charge in [-0.25, -0.2) is 0 Å². The van der Waals surface area contributed by atoms with Crippen molar-refractivity contribution in [1.82, 2.24) is 0 Å². The average molecular weight is 266 g/mol. The number of alkyl halides is 6. The van der Waals surface area contributed by atoms with Crippen molar-refractivity contribution >= 4 is 11.1 Å². The van der Waals surface area contributed by atoms with Gasteiger partial charge in [0, 0.05) is 0 Å². The van der Waals surface area contributed by atoms with Gasteiger partial charge in [-0.3, -0.25) is 0 Å². The molecule has 0 radical (unpaired) electrons. The second-order valence-electron chi connectivity index (χ2n) is 3.50. The number of halogens is 6. The molecule has 0 N–H and O–H groups in total. The van der Waals surface area contributed by atoms with Gasteiger partial charge in [0.2, 0.25) is 0 Å². The molecule has 0 saturated carbocycles. The molecule has 0 fully saturated rings. The zero-order chi connectivity index (χ0) is 14.1. The van der Waals surface area contributed by atoms with Crippen molar-refractivity contribution < 1.29 is 26.3 Å². The molecule has 0 saturated heterocycles. The molecule has 1 aromatic carbocycles. The first-order chi connectivity index (χ1) is 8.05. The lowest BCUT2D eigenvalue weighted by Gasteiger charge is -2.17. The summed E-state index contributed by atoms with van der Waals surface area (Å²) in [6, 6.07) is 4.28. The van der Waals surface area contributed by atoms with E-state index in [1.165, 1.54) is 12.1 Å². The molecule has 0 heterocycles. The van der Waals surface area contributed by atoms with Crippen LogP contribution in [0.2, 0.25) is 0 Å². The fraction of sp³-hybridized carbons (Fsp3) is 0.167. The maximum atomic E-state index is 12.5. The number of benzene rings is 1. The second-order valence-corrected chi connectivity index (χ2v) is 3.50. The lowest BCUT2D eigenvalue weighted by Crippen LogP contribution is -2.15. The third kappa shape index (κ3) is 2.94. The van der Waals surface area contributed by atoms with Gasteiger partial charge in [0.1, 0.15) is 0 Å². The maximum absolute atomic E-state index is 12.5. The fourth-order valence-corrected chi connectivity index (χ4v) is 1.31. The first-order valence-electron chi connectivity index (χ1n) is 4.67. The number of allylic oxidation sites excluding steroid dienone is 2. The Balaban J connectivity index is 3.33. The highest BCUT2D eigenvalue weighted by molar-refractivity contribution is 5.81.